The zero-order chi connectivity index (χ0) is 26.7. The van der Waals surface area contributed by atoms with E-state index >= 15 is 0 Å². The number of rotatable bonds is 5. The maximum Gasteiger partial charge on any atom is 0.310 e. The molecule has 37 heavy (non-hydrogen) atoms. The van der Waals surface area contributed by atoms with E-state index < -0.39 is 26.6 Å². The second kappa shape index (κ2) is 7.62. The lowest BCUT2D eigenvalue weighted by Crippen LogP contribution is -2.15. The summed E-state index contributed by atoms with van der Waals surface area (Å²) in [4.78, 5) is 18.6. The molecule has 5 aromatic rings. The maximum atomic E-state index is 13.2. The number of amides is 1. The van der Waals surface area contributed by atoms with Crippen molar-refractivity contribution in [3.63, 3.8) is 0 Å². The lowest BCUT2D eigenvalue weighted by molar-refractivity contribution is 0.102. The Morgan fingerprint density at radius 2 is 1.65 bits per heavy atom. The molecule has 0 aliphatic heterocycles. The van der Waals surface area contributed by atoms with Gasteiger partial charge in [0.15, 0.2) is 0 Å². The van der Waals surface area contributed by atoms with Crippen molar-refractivity contribution in [2.45, 2.75) is 18.7 Å². The van der Waals surface area contributed by atoms with E-state index in [4.69, 9.17) is 0 Å². The minimum atomic E-state index is -9.93. The maximum absolute atomic E-state index is 13.2. The number of imidazole rings is 1. The zero-order valence-corrected chi connectivity index (χ0v) is 20.2. The average Bonchev–Trinajstić information content (AvgIpc) is 3.41. The van der Waals surface area contributed by atoms with Gasteiger partial charge in [0.05, 0.1) is 11.4 Å². The van der Waals surface area contributed by atoms with Crippen LogP contribution in [0.15, 0.2) is 78.5 Å². The van der Waals surface area contributed by atoms with E-state index in [2.05, 4.69) is 20.4 Å². The number of nitrogens with one attached hydrogen (secondary N) is 1. The Bertz CT molecular complexity index is 1680. The topological polar surface area (TPSA) is 77.1 Å². The minimum Gasteiger partial charge on any atom is -0.322 e. The lowest BCUT2D eigenvalue weighted by atomic mass is 10.1. The van der Waals surface area contributed by atoms with Gasteiger partial charge >= 0.3 is 10.2 Å². The van der Waals surface area contributed by atoms with Crippen molar-refractivity contribution in [1.29, 1.82) is 0 Å². The van der Waals surface area contributed by atoms with Crippen LogP contribution in [0.4, 0.5) is 25.1 Å². The van der Waals surface area contributed by atoms with Gasteiger partial charge < -0.3 is 5.32 Å². The fourth-order valence-electron chi connectivity index (χ4n) is 3.96. The molecule has 192 valence electrons. The highest BCUT2D eigenvalue weighted by atomic mass is 32.5. The molecule has 1 amide bonds. The molecule has 0 aliphatic rings. The third kappa shape index (κ3) is 4.77. The quantitative estimate of drug-likeness (QED) is 0.244. The van der Waals surface area contributed by atoms with Crippen molar-refractivity contribution in [1.82, 2.24) is 24.1 Å². The number of aromatic nitrogens is 5. The van der Waals surface area contributed by atoms with Gasteiger partial charge in [-0.2, -0.15) is 5.10 Å². The van der Waals surface area contributed by atoms with Gasteiger partial charge in [-0.1, -0.05) is 31.6 Å². The summed E-state index contributed by atoms with van der Waals surface area (Å²) < 4.78 is 69.6. The fraction of sp³-hybridized carbons (Fsp3) is 0.0833. The van der Waals surface area contributed by atoms with Crippen molar-refractivity contribution >= 4 is 27.5 Å². The molecule has 1 N–H and O–H groups in total. The summed E-state index contributed by atoms with van der Waals surface area (Å²) >= 11 is 0. The van der Waals surface area contributed by atoms with Gasteiger partial charge in [0, 0.05) is 47.7 Å². The Morgan fingerprint density at radius 3 is 2.35 bits per heavy atom. The molecule has 2 aromatic carbocycles. The Balaban J connectivity index is 1.50. The van der Waals surface area contributed by atoms with Crippen LogP contribution in [0.3, 0.4) is 0 Å². The molecule has 0 saturated heterocycles. The molecule has 0 unspecified atom stereocenters. The van der Waals surface area contributed by atoms with E-state index in [0.29, 0.717) is 28.3 Å². The zero-order valence-electron chi connectivity index (χ0n) is 19.4. The first kappa shape index (κ1) is 24.4. The first-order chi connectivity index (χ1) is 17.2. The molecule has 3 heterocycles. The van der Waals surface area contributed by atoms with Crippen molar-refractivity contribution < 1.29 is 24.2 Å². The molecule has 3 aromatic heterocycles. The smallest absolute Gasteiger partial charge is 0.310 e. The van der Waals surface area contributed by atoms with E-state index in [1.54, 1.807) is 48.4 Å². The largest absolute Gasteiger partial charge is 0.322 e. The fourth-order valence-corrected chi connectivity index (χ4v) is 4.65. The normalized spacial score (nSPS) is 13.8. The number of anilines is 1. The van der Waals surface area contributed by atoms with Crippen LogP contribution < -0.4 is 5.32 Å². The third-order valence-corrected chi connectivity index (χ3v) is 6.91. The Morgan fingerprint density at radius 1 is 0.919 bits per heavy atom. The number of fused-ring (bicyclic) bond motifs is 1. The Kier molecular flexibility index (Phi) is 5.03. The van der Waals surface area contributed by atoms with Gasteiger partial charge in [-0.05, 0) is 49.2 Å². The number of hydrogen-bond acceptors (Lipinski definition) is 4. The first-order valence-electron chi connectivity index (χ1n) is 10.8. The van der Waals surface area contributed by atoms with E-state index in [1.165, 1.54) is 6.33 Å². The highest BCUT2D eigenvalue weighted by Gasteiger charge is 2.65. The second-order valence-electron chi connectivity index (χ2n) is 8.53. The lowest BCUT2D eigenvalue weighted by Gasteiger charge is -2.40. The van der Waals surface area contributed by atoms with Crippen LogP contribution in [0.25, 0.3) is 22.6 Å². The van der Waals surface area contributed by atoms with Gasteiger partial charge in [-0.25, -0.2) is 14.5 Å². The van der Waals surface area contributed by atoms with Crippen LogP contribution in [-0.2, 0) is 0 Å². The molecule has 0 saturated carbocycles. The number of nitrogens with zero attached hydrogens (tertiary/aromatic N) is 5. The number of benzene rings is 2. The number of carbonyl (C=O) groups is 1. The van der Waals surface area contributed by atoms with Crippen LogP contribution in [0.5, 0.6) is 0 Å². The number of carbonyl (C=O) groups excluding carboxylic acids is 1. The monoisotopic (exact) mass is 534 g/mol. The second-order valence-corrected chi connectivity index (χ2v) is 10.9. The summed E-state index contributed by atoms with van der Waals surface area (Å²) in [5.41, 5.74) is 4.00. The standard InChI is InChI=1S/C24H19F5N6OS/c1-15-8-16(2)22(34-6-7-35-23(34)11-21(33-35)18-12-30-14-31-13-18)10-20(15)32-24(36)17-4-3-5-19(9-17)37(25,26,27,28)29/h3-14H,1-2H3,(H,32,36). The molecule has 5 rings (SSSR count). The third-order valence-electron chi connectivity index (χ3n) is 5.77. The van der Waals surface area contributed by atoms with E-state index in [9.17, 15) is 24.2 Å². The SMILES string of the molecule is Cc1cc(C)c(-n2ccn3nc(-c4cncnc4)cc23)cc1NC(=O)c1cccc(S(F)(F)(F)(F)F)c1. The van der Waals surface area contributed by atoms with Crippen LogP contribution in [0.2, 0.25) is 0 Å². The summed E-state index contributed by atoms with van der Waals surface area (Å²) in [6.07, 6.45) is 8.20. The van der Waals surface area contributed by atoms with Gasteiger partial charge in [0.2, 0.25) is 0 Å². The summed E-state index contributed by atoms with van der Waals surface area (Å²) in [5.74, 6) is -0.949. The molecule has 0 fully saturated rings. The van der Waals surface area contributed by atoms with Crippen molar-refractivity contribution in [3.05, 3.63) is 90.3 Å². The number of hydrogen-bond donors (Lipinski definition) is 1. The van der Waals surface area contributed by atoms with Crippen molar-refractivity contribution in [2.75, 3.05) is 5.32 Å². The van der Waals surface area contributed by atoms with Crippen molar-refractivity contribution in [2.24, 2.45) is 0 Å². The first-order valence-corrected chi connectivity index (χ1v) is 12.7. The molecular weight excluding hydrogens is 515 g/mol. The average molecular weight is 535 g/mol. The number of aryl methyl sites for hydroxylation is 2. The summed E-state index contributed by atoms with van der Waals surface area (Å²) in [7, 11) is -9.93. The predicted octanol–water partition coefficient (Wildman–Crippen LogP) is 7.11. The molecule has 0 atom stereocenters. The van der Waals surface area contributed by atoms with E-state index in [-0.39, 0.29) is 12.1 Å². The molecule has 13 heteroatoms. The van der Waals surface area contributed by atoms with Crippen LogP contribution in [0, 0.1) is 13.8 Å². The summed E-state index contributed by atoms with van der Waals surface area (Å²) in [6, 6.07) is 7.54. The molecule has 0 spiro atoms. The number of halogens is 5. The predicted molar refractivity (Wildman–Crippen MR) is 131 cm³/mol. The van der Waals surface area contributed by atoms with Gasteiger partial charge in [0.25, 0.3) is 5.91 Å². The Labute approximate surface area is 207 Å². The van der Waals surface area contributed by atoms with E-state index in [0.717, 1.165) is 23.3 Å². The van der Waals surface area contributed by atoms with Crippen molar-refractivity contribution in [3.8, 4) is 16.9 Å². The molecule has 7 nitrogen and oxygen atoms in total. The van der Waals surface area contributed by atoms with Gasteiger partial charge in [0.1, 0.15) is 16.9 Å². The summed E-state index contributed by atoms with van der Waals surface area (Å²) in [6.45, 7) is 3.58. The van der Waals surface area contributed by atoms with Gasteiger partial charge in [-0.3, -0.25) is 9.36 Å². The van der Waals surface area contributed by atoms with Crippen LogP contribution in [0.1, 0.15) is 21.5 Å². The van der Waals surface area contributed by atoms with E-state index in [1.807, 2.05) is 17.6 Å². The Hall–Kier alpha value is -4.26. The van der Waals surface area contributed by atoms with Gasteiger partial charge in [-0.15, -0.1) is 0 Å². The minimum absolute atomic E-state index is 0.165. The molecule has 0 bridgehead atoms. The molecule has 0 aliphatic carbocycles. The van der Waals surface area contributed by atoms with Crippen LogP contribution in [-0.4, -0.2) is 30.1 Å². The molecule has 0 radical (unpaired) electrons. The summed E-state index contributed by atoms with van der Waals surface area (Å²) in [5, 5.41) is 7.07. The molecular formula is C24H19F5N6OS. The highest BCUT2D eigenvalue weighted by molar-refractivity contribution is 8.45. The van der Waals surface area contributed by atoms with Crippen LogP contribution >= 0.6 is 10.2 Å². The highest BCUT2D eigenvalue weighted by Crippen LogP contribution is 3.02.